The Balaban J connectivity index is -0.00000000333. The van der Waals surface area contributed by atoms with Gasteiger partial charge in [0.25, 0.3) is 0 Å². The maximum Gasteiger partial charge on any atom is 0.0402 e. The maximum absolute atomic E-state index is 7.57. The van der Waals surface area contributed by atoms with Gasteiger partial charge in [-0.1, -0.05) is 0 Å². The van der Waals surface area contributed by atoms with Crippen molar-refractivity contribution in [2.75, 3.05) is 6.61 Å². The summed E-state index contributed by atoms with van der Waals surface area (Å²) in [5.41, 5.74) is 0. The predicted octanol–water partition coefficient (Wildman–Crippen LogP) is -2.48. The van der Waals surface area contributed by atoms with Crippen molar-refractivity contribution in [1.29, 1.82) is 0 Å². The van der Waals surface area contributed by atoms with E-state index in [2.05, 4.69) is 0 Å². The van der Waals surface area contributed by atoms with E-state index in [1.807, 2.05) is 0 Å². The van der Waals surface area contributed by atoms with E-state index in [1.54, 1.807) is 6.92 Å². The molecule has 0 bridgehead atoms. The molecule has 0 rings (SSSR count). The average Bonchev–Trinajstić information content (AvgIpc) is 0.918. The molecular formula is C2H12O4Zr. The van der Waals surface area contributed by atoms with Gasteiger partial charge in [-0.15, -0.1) is 0 Å². The molecule has 0 atom stereocenters. The Morgan fingerprint density at radius 2 is 1.14 bits per heavy atom. The fourth-order valence-electron chi connectivity index (χ4n) is 0. The molecule has 7 heavy (non-hydrogen) atoms. The second-order valence-corrected chi connectivity index (χ2v) is 0.316. The van der Waals surface area contributed by atoms with Gasteiger partial charge in [0.1, 0.15) is 0 Å². The first-order valence-electron chi connectivity index (χ1n) is 1.02. The van der Waals surface area contributed by atoms with Crippen LogP contribution in [0.3, 0.4) is 0 Å². The Morgan fingerprint density at radius 1 is 1.14 bits per heavy atom. The first-order valence-corrected chi connectivity index (χ1v) is 1.02. The van der Waals surface area contributed by atoms with Crippen LogP contribution in [0.5, 0.6) is 0 Å². The molecule has 0 amide bonds. The zero-order valence-corrected chi connectivity index (χ0v) is 6.61. The average molecular weight is 191 g/mol. The number of aliphatic hydroxyl groups is 1. The minimum Gasteiger partial charge on any atom is -0.412 e. The van der Waals surface area contributed by atoms with E-state index in [4.69, 9.17) is 5.11 Å². The van der Waals surface area contributed by atoms with Gasteiger partial charge in [0, 0.05) is 32.8 Å². The van der Waals surface area contributed by atoms with Crippen LogP contribution in [0, 0.1) is 0 Å². The van der Waals surface area contributed by atoms with Crippen molar-refractivity contribution in [3.8, 4) is 0 Å². The Morgan fingerprint density at radius 3 is 1.14 bits per heavy atom. The van der Waals surface area contributed by atoms with Gasteiger partial charge in [-0.3, -0.25) is 0 Å². The van der Waals surface area contributed by atoms with Crippen LogP contribution in [0.4, 0.5) is 0 Å². The minimum atomic E-state index is 0. The molecule has 0 saturated carbocycles. The smallest absolute Gasteiger partial charge is 0.0402 e. The minimum absolute atomic E-state index is 0. The van der Waals surface area contributed by atoms with Crippen molar-refractivity contribution < 1.29 is 47.7 Å². The van der Waals surface area contributed by atoms with Crippen LogP contribution in [-0.4, -0.2) is 28.1 Å². The number of hydrogen-bond acceptors (Lipinski definition) is 1. The molecule has 0 heterocycles. The molecule has 0 radical (unpaired) electrons. The normalized spacial score (nSPS) is 2.57. The van der Waals surface area contributed by atoms with E-state index < -0.39 is 0 Å². The molecule has 0 aliphatic heterocycles. The van der Waals surface area contributed by atoms with Crippen LogP contribution in [0.2, 0.25) is 0 Å². The summed E-state index contributed by atoms with van der Waals surface area (Å²) in [6, 6.07) is 0. The van der Waals surface area contributed by atoms with Gasteiger partial charge in [-0.25, -0.2) is 0 Å². The fourth-order valence-corrected chi connectivity index (χ4v) is 0. The van der Waals surface area contributed by atoms with Gasteiger partial charge in [-0.05, 0) is 6.92 Å². The Kier molecular flexibility index (Phi) is 499. The number of hydrogen-bond donors (Lipinski definition) is 1. The summed E-state index contributed by atoms with van der Waals surface area (Å²) in [4.78, 5) is 0. The van der Waals surface area contributed by atoms with E-state index in [-0.39, 0.29) is 49.2 Å². The van der Waals surface area contributed by atoms with Crippen LogP contribution in [0.1, 0.15) is 6.92 Å². The molecule has 7 N–H and O–H groups in total. The van der Waals surface area contributed by atoms with Crippen LogP contribution in [0.15, 0.2) is 0 Å². The van der Waals surface area contributed by atoms with E-state index in [9.17, 15) is 0 Å². The van der Waals surface area contributed by atoms with Crippen molar-refractivity contribution in [3.05, 3.63) is 0 Å². The second kappa shape index (κ2) is 74.2. The van der Waals surface area contributed by atoms with Crippen molar-refractivity contribution in [1.82, 2.24) is 0 Å². The first-order chi connectivity index (χ1) is 1.41. The van der Waals surface area contributed by atoms with E-state index in [0.717, 1.165) is 0 Å². The molecule has 0 aromatic rings. The molecule has 0 fully saturated rings. The molecule has 0 saturated heterocycles. The van der Waals surface area contributed by atoms with Gasteiger partial charge in [0.05, 0.1) is 0 Å². The number of aliphatic hydroxyl groups excluding tert-OH is 1. The third kappa shape index (κ3) is 287. The largest absolute Gasteiger partial charge is 0.412 e. The van der Waals surface area contributed by atoms with Crippen LogP contribution in [0.25, 0.3) is 0 Å². The second-order valence-electron chi connectivity index (χ2n) is 0.316. The standard InChI is InChI=1S/C2H6O.3H2O.Zr/c1-2-3;;;;/h3H,2H2,1H3;3*1H2;. The van der Waals surface area contributed by atoms with Crippen LogP contribution in [-0.2, 0) is 26.2 Å². The van der Waals surface area contributed by atoms with Crippen molar-refractivity contribution in [2.45, 2.75) is 6.92 Å². The molecule has 0 aromatic heterocycles. The third-order valence-corrected chi connectivity index (χ3v) is 0. The predicted molar refractivity (Wildman–Crippen MR) is 23.6 cm³/mol. The Bertz CT molecular complexity index is 9.65. The monoisotopic (exact) mass is 190 g/mol. The molecule has 0 aromatic carbocycles. The SMILES string of the molecule is CCO.O.O.O.[Zr]. The number of rotatable bonds is 0. The molecule has 0 aliphatic carbocycles. The van der Waals surface area contributed by atoms with Crippen molar-refractivity contribution >= 4 is 0 Å². The van der Waals surface area contributed by atoms with Gasteiger partial charge >= 0.3 is 0 Å². The fraction of sp³-hybridized carbons (Fsp3) is 1.00. The van der Waals surface area contributed by atoms with Gasteiger partial charge in [0.2, 0.25) is 0 Å². The Hall–Kier alpha value is 0.723. The summed E-state index contributed by atoms with van der Waals surface area (Å²) < 4.78 is 0. The van der Waals surface area contributed by atoms with E-state index >= 15 is 0 Å². The first kappa shape index (κ1) is 47.1. The summed E-state index contributed by atoms with van der Waals surface area (Å²) >= 11 is 0. The van der Waals surface area contributed by atoms with Gasteiger partial charge < -0.3 is 21.5 Å². The maximum atomic E-state index is 7.57. The summed E-state index contributed by atoms with van der Waals surface area (Å²) in [6.07, 6.45) is 0. The molecule has 0 spiro atoms. The molecule has 0 aliphatic rings. The summed E-state index contributed by atoms with van der Waals surface area (Å²) in [5.74, 6) is 0. The van der Waals surface area contributed by atoms with Gasteiger partial charge in [-0.2, -0.15) is 0 Å². The van der Waals surface area contributed by atoms with Gasteiger partial charge in [0.15, 0.2) is 0 Å². The van der Waals surface area contributed by atoms with Crippen LogP contribution < -0.4 is 0 Å². The summed E-state index contributed by atoms with van der Waals surface area (Å²) in [5, 5.41) is 7.57. The van der Waals surface area contributed by atoms with Crippen molar-refractivity contribution in [3.63, 3.8) is 0 Å². The quantitative estimate of drug-likeness (QED) is 0.449. The molecule has 0 unspecified atom stereocenters. The van der Waals surface area contributed by atoms with Crippen molar-refractivity contribution in [2.24, 2.45) is 0 Å². The zero-order chi connectivity index (χ0) is 2.71. The van der Waals surface area contributed by atoms with Crippen LogP contribution >= 0.6 is 0 Å². The summed E-state index contributed by atoms with van der Waals surface area (Å²) in [7, 11) is 0. The zero-order valence-electron chi connectivity index (χ0n) is 4.15. The molecule has 4 nitrogen and oxygen atoms in total. The molecular weight excluding hydrogens is 179 g/mol. The van der Waals surface area contributed by atoms with E-state index in [0.29, 0.717) is 0 Å². The topological polar surface area (TPSA) is 115 Å². The van der Waals surface area contributed by atoms with E-state index in [1.165, 1.54) is 0 Å². The Labute approximate surface area is 61.6 Å². The summed E-state index contributed by atoms with van der Waals surface area (Å²) in [6.45, 7) is 1.93. The third-order valence-electron chi connectivity index (χ3n) is 0. The molecule has 5 heteroatoms. The molecule has 48 valence electrons.